The first-order valence-electron chi connectivity index (χ1n) is 11.8. The summed E-state index contributed by atoms with van der Waals surface area (Å²) in [5.41, 5.74) is 1.89. The Balaban J connectivity index is 1.99. The lowest BCUT2D eigenvalue weighted by atomic mass is 9.94. The van der Waals surface area contributed by atoms with Crippen LogP contribution in [0.2, 0.25) is 5.02 Å². The van der Waals surface area contributed by atoms with Crippen molar-refractivity contribution in [2.24, 2.45) is 0 Å². The summed E-state index contributed by atoms with van der Waals surface area (Å²) < 4.78 is 15.5. The number of hydrogen-bond acceptors (Lipinski definition) is 8. The van der Waals surface area contributed by atoms with Crippen LogP contribution in [0.25, 0.3) is 5.76 Å². The average molecular weight is 551 g/mol. The third-order valence-electron chi connectivity index (χ3n) is 6.44. The van der Waals surface area contributed by atoms with Crippen LogP contribution in [0, 0.1) is 0 Å². The fourth-order valence-electron chi connectivity index (χ4n) is 4.46. The number of carbonyl (C=O) groups excluding carboxylic acids is 3. The number of nitrogens with zero attached hydrogens (tertiary/aromatic N) is 2. The minimum absolute atomic E-state index is 0.120. The molecular weight excluding hydrogens is 524 g/mol. The second-order valence-electron chi connectivity index (χ2n) is 8.88. The van der Waals surface area contributed by atoms with E-state index in [0.29, 0.717) is 5.56 Å². The van der Waals surface area contributed by atoms with E-state index in [1.807, 2.05) is 31.1 Å². The summed E-state index contributed by atoms with van der Waals surface area (Å²) in [5, 5.41) is 11.8. The number of esters is 1. The highest BCUT2D eigenvalue weighted by Crippen LogP contribution is 2.45. The molecule has 1 unspecified atom stereocenters. The molecule has 1 saturated heterocycles. The highest BCUT2D eigenvalue weighted by molar-refractivity contribution is 6.51. The maximum absolute atomic E-state index is 13.6. The molecular formula is C29H27ClN2O7. The van der Waals surface area contributed by atoms with Crippen molar-refractivity contribution in [2.45, 2.75) is 6.04 Å². The Bertz CT molecular complexity index is 1480. The molecule has 1 aliphatic rings. The Hall–Kier alpha value is -4.50. The number of ketones is 1. The Labute approximate surface area is 230 Å². The third-order valence-corrected chi connectivity index (χ3v) is 6.74. The second-order valence-corrected chi connectivity index (χ2v) is 9.29. The maximum Gasteiger partial charge on any atom is 0.337 e. The van der Waals surface area contributed by atoms with Crippen molar-refractivity contribution in [3.63, 3.8) is 0 Å². The van der Waals surface area contributed by atoms with E-state index in [9.17, 15) is 19.5 Å². The van der Waals surface area contributed by atoms with E-state index in [-0.39, 0.29) is 38.9 Å². The SMILES string of the molecule is COC(=O)c1cccc(N2C(=O)C(=O)/C(=C(/O)c3cc(OC)c(Cl)cc3OC)C2c2ccc(N(C)C)cc2)c1. The maximum atomic E-state index is 13.6. The highest BCUT2D eigenvalue weighted by Gasteiger charge is 2.47. The second kappa shape index (κ2) is 11.1. The lowest BCUT2D eigenvalue weighted by molar-refractivity contribution is -0.132. The van der Waals surface area contributed by atoms with Gasteiger partial charge < -0.3 is 24.2 Å². The molecule has 1 heterocycles. The quantitative estimate of drug-likeness (QED) is 0.193. The largest absolute Gasteiger partial charge is 0.507 e. The molecule has 1 fully saturated rings. The van der Waals surface area contributed by atoms with Gasteiger partial charge in [-0.15, -0.1) is 0 Å². The number of Topliss-reactive ketones (excluding diaryl/α,β-unsaturated/α-hetero) is 1. The van der Waals surface area contributed by atoms with Crippen LogP contribution in [0.15, 0.2) is 66.2 Å². The third kappa shape index (κ3) is 5.00. The zero-order valence-electron chi connectivity index (χ0n) is 22.0. The molecule has 3 aromatic rings. The van der Waals surface area contributed by atoms with E-state index in [0.717, 1.165) is 5.69 Å². The number of hydrogen-bond donors (Lipinski definition) is 1. The van der Waals surface area contributed by atoms with Gasteiger partial charge in [0.1, 0.15) is 17.3 Å². The Morgan fingerprint density at radius 1 is 0.949 bits per heavy atom. The number of anilines is 2. The molecule has 4 rings (SSSR count). The smallest absolute Gasteiger partial charge is 0.337 e. The van der Waals surface area contributed by atoms with Crippen molar-refractivity contribution in [3.8, 4) is 11.5 Å². The van der Waals surface area contributed by atoms with Gasteiger partial charge >= 0.3 is 5.97 Å². The van der Waals surface area contributed by atoms with Gasteiger partial charge in [-0.05, 0) is 42.0 Å². The van der Waals surface area contributed by atoms with Gasteiger partial charge in [0, 0.05) is 31.5 Å². The van der Waals surface area contributed by atoms with E-state index in [2.05, 4.69) is 0 Å². The van der Waals surface area contributed by atoms with E-state index >= 15 is 0 Å². The number of amides is 1. The summed E-state index contributed by atoms with van der Waals surface area (Å²) in [5.74, 6) is -2.43. The number of carbonyl (C=O) groups is 3. The first-order chi connectivity index (χ1) is 18.6. The monoisotopic (exact) mass is 550 g/mol. The molecule has 3 aromatic carbocycles. The minimum Gasteiger partial charge on any atom is -0.507 e. The van der Waals surface area contributed by atoms with Gasteiger partial charge in [0.25, 0.3) is 11.7 Å². The van der Waals surface area contributed by atoms with Crippen LogP contribution in [0.4, 0.5) is 11.4 Å². The molecule has 0 aliphatic carbocycles. The molecule has 39 heavy (non-hydrogen) atoms. The van der Waals surface area contributed by atoms with Gasteiger partial charge in [0.2, 0.25) is 0 Å². The Kier molecular flexibility index (Phi) is 7.83. The number of ether oxygens (including phenoxy) is 3. The fraction of sp³-hybridized carbons (Fsp3) is 0.207. The van der Waals surface area contributed by atoms with Crippen molar-refractivity contribution in [3.05, 3.63) is 87.9 Å². The highest BCUT2D eigenvalue weighted by atomic mass is 35.5. The Morgan fingerprint density at radius 3 is 2.21 bits per heavy atom. The number of halogens is 1. The normalized spacial score (nSPS) is 16.3. The van der Waals surface area contributed by atoms with Crippen molar-refractivity contribution in [1.82, 2.24) is 0 Å². The molecule has 1 amide bonds. The first kappa shape index (κ1) is 27.5. The molecule has 202 valence electrons. The van der Waals surface area contributed by atoms with Gasteiger partial charge in [-0.1, -0.05) is 29.8 Å². The summed E-state index contributed by atoms with van der Waals surface area (Å²) in [6.45, 7) is 0. The van der Waals surface area contributed by atoms with Crippen LogP contribution in [0.5, 0.6) is 11.5 Å². The number of methoxy groups -OCH3 is 3. The zero-order valence-corrected chi connectivity index (χ0v) is 22.8. The molecule has 0 spiro atoms. The summed E-state index contributed by atoms with van der Waals surface area (Å²) in [6, 6.07) is 15.3. The average Bonchev–Trinajstić information content (AvgIpc) is 3.21. The van der Waals surface area contributed by atoms with Crippen LogP contribution in [-0.2, 0) is 14.3 Å². The van der Waals surface area contributed by atoms with E-state index in [4.69, 9.17) is 25.8 Å². The van der Waals surface area contributed by atoms with Crippen LogP contribution in [0.1, 0.15) is 27.5 Å². The van der Waals surface area contributed by atoms with Crippen LogP contribution in [-0.4, -0.2) is 58.2 Å². The zero-order chi connectivity index (χ0) is 28.4. The van der Waals surface area contributed by atoms with Crippen molar-refractivity contribution in [2.75, 3.05) is 45.2 Å². The lowest BCUT2D eigenvalue weighted by Crippen LogP contribution is -2.29. The Morgan fingerprint density at radius 2 is 1.62 bits per heavy atom. The molecule has 10 heteroatoms. The fourth-order valence-corrected chi connectivity index (χ4v) is 4.69. The van der Waals surface area contributed by atoms with Crippen LogP contribution >= 0.6 is 11.6 Å². The predicted octanol–water partition coefficient (Wildman–Crippen LogP) is 4.84. The molecule has 0 bridgehead atoms. The summed E-state index contributed by atoms with van der Waals surface area (Å²) >= 11 is 6.24. The topological polar surface area (TPSA) is 106 Å². The summed E-state index contributed by atoms with van der Waals surface area (Å²) in [7, 11) is 7.83. The molecule has 1 atom stereocenters. The number of rotatable bonds is 7. The molecule has 1 aliphatic heterocycles. The van der Waals surface area contributed by atoms with E-state index < -0.39 is 29.5 Å². The summed E-state index contributed by atoms with van der Waals surface area (Å²) in [4.78, 5) is 42.4. The van der Waals surface area contributed by atoms with Crippen LogP contribution in [0.3, 0.4) is 0 Å². The van der Waals surface area contributed by atoms with E-state index in [1.54, 1.807) is 24.3 Å². The van der Waals surface area contributed by atoms with Gasteiger partial charge in [-0.3, -0.25) is 14.5 Å². The number of aliphatic hydroxyl groups excluding tert-OH is 1. The van der Waals surface area contributed by atoms with Crippen molar-refractivity contribution >= 4 is 46.4 Å². The molecule has 0 aromatic heterocycles. The first-order valence-corrected chi connectivity index (χ1v) is 12.2. The van der Waals surface area contributed by atoms with Gasteiger partial charge in [0.15, 0.2) is 0 Å². The van der Waals surface area contributed by atoms with Crippen LogP contribution < -0.4 is 19.3 Å². The predicted molar refractivity (Wildman–Crippen MR) is 148 cm³/mol. The number of aliphatic hydroxyl groups is 1. The summed E-state index contributed by atoms with van der Waals surface area (Å²) in [6.07, 6.45) is 0. The molecule has 1 N–H and O–H groups in total. The van der Waals surface area contributed by atoms with Gasteiger partial charge in [-0.2, -0.15) is 0 Å². The molecule has 9 nitrogen and oxygen atoms in total. The van der Waals surface area contributed by atoms with Crippen molar-refractivity contribution in [1.29, 1.82) is 0 Å². The number of benzene rings is 3. The van der Waals surface area contributed by atoms with Crippen molar-refractivity contribution < 1.29 is 33.7 Å². The van der Waals surface area contributed by atoms with Gasteiger partial charge in [-0.25, -0.2) is 4.79 Å². The lowest BCUT2D eigenvalue weighted by Gasteiger charge is -2.26. The van der Waals surface area contributed by atoms with Gasteiger partial charge in [0.05, 0.1) is 49.1 Å². The molecule has 0 radical (unpaired) electrons. The minimum atomic E-state index is -1.03. The van der Waals surface area contributed by atoms with E-state index in [1.165, 1.54) is 50.5 Å². The molecule has 0 saturated carbocycles. The standard InChI is InChI=1S/C29H27ClN2O7/c1-31(2)18-11-9-16(10-12-18)25-24(26(33)20-14-23(38-4)21(30)15-22(20)37-3)27(34)28(35)32(25)19-8-6-7-17(13-19)29(36)39-5/h6-15,25,33H,1-5H3/b26-24+.